The molecule has 166 valence electrons. The van der Waals surface area contributed by atoms with Crippen LogP contribution in [0.1, 0.15) is 51.5 Å². The number of hydrogen-bond donors (Lipinski definition) is 2. The summed E-state index contributed by atoms with van der Waals surface area (Å²) in [6.45, 7) is 7.54. The molecule has 2 N–H and O–H groups in total. The second-order valence-corrected chi connectivity index (χ2v) is 8.01. The first-order valence-electron chi connectivity index (χ1n) is 11.3. The molecule has 1 aliphatic carbocycles. The summed E-state index contributed by atoms with van der Waals surface area (Å²) in [5, 5.41) is 6.83. The van der Waals surface area contributed by atoms with Crippen molar-refractivity contribution < 1.29 is 14.3 Å². The highest BCUT2D eigenvalue weighted by atomic mass is 16.5. The van der Waals surface area contributed by atoms with Gasteiger partial charge < -0.3 is 25.0 Å². The average Bonchev–Trinajstić information content (AvgIpc) is 3.45. The number of carbonyl (C=O) groups excluding carboxylic acids is 1. The molecule has 1 atom stereocenters. The van der Waals surface area contributed by atoms with Crippen molar-refractivity contribution in [1.82, 2.24) is 15.5 Å². The number of aliphatic imine (C=N–C) groups is 1. The maximum atomic E-state index is 12.7. The average molecular weight is 417 g/mol. The van der Waals surface area contributed by atoms with Crippen LogP contribution < -0.4 is 20.1 Å². The molecule has 0 spiro atoms. The first-order valence-corrected chi connectivity index (χ1v) is 11.3. The summed E-state index contributed by atoms with van der Waals surface area (Å²) < 4.78 is 11.0. The Morgan fingerprint density at radius 3 is 2.70 bits per heavy atom. The molecular weight excluding hydrogens is 380 g/mol. The van der Waals surface area contributed by atoms with Crippen molar-refractivity contribution in [1.29, 1.82) is 0 Å². The van der Waals surface area contributed by atoms with Crippen LogP contribution in [0.25, 0.3) is 0 Å². The van der Waals surface area contributed by atoms with Gasteiger partial charge in [0.2, 0.25) is 5.91 Å². The molecule has 0 aromatic heterocycles. The monoisotopic (exact) mass is 416 g/mol. The molecule has 3 rings (SSSR count). The number of nitrogens with one attached hydrogen (secondary N) is 2. The predicted molar refractivity (Wildman–Crippen MR) is 119 cm³/mol. The fraction of sp³-hybridized carbons (Fsp3) is 0.652. The van der Waals surface area contributed by atoms with Gasteiger partial charge in [0.1, 0.15) is 0 Å². The molecule has 1 amide bonds. The zero-order valence-corrected chi connectivity index (χ0v) is 18.6. The number of amides is 1. The number of ether oxygens (including phenoxy) is 2. The third kappa shape index (κ3) is 5.80. The summed E-state index contributed by atoms with van der Waals surface area (Å²) in [6, 6.07) is 6.15. The molecule has 7 nitrogen and oxygen atoms in total. The van der Waals surface area contributed by atoms with E-state index in [1.165, 1.54) is 12.8 Å². The lowest BCUT2D eigenvalue weighted by Gasteiger charge is -2.21. The van der Waals surface area contributed by atoms with E-state index in [1.807, 2.05) is 30.0 Å². The Hall–Kier alpha value is -2.44. The van der Waals surface area contributed by atoms with Crippen LogP contribution in [0.15, 0.2) is 23.2 Å². The maximum absolute atomic E-state index is 12.7. The topological polar surface area (TPSA) is 75.2 Å². The van der Waals surface area contributed by atoms with Crippen molar-refractivity contribution in [3.63, 3.8) is 0 Å². The molecule has 1 saturated heterocycles. The SMILES string of the molecule is CCNC(=NCc1ccc(OCC)c(OC)c1)NC1CCN(C(=O)C2CCCC2)C1. The van der Waals surface area contributed by atoms with Crippen LogP contribution in [0.3, 0.4) is 0 Å². The van der Waals surface area contributed by atoms with E-state index >= 15 is 0 Å². The summed E-state index contributed by atoms with van der Waals surface area (Å²) in [6.07, 6.45) is 5.46. The highest BCUT2D eigenvalue weighted by Crippen LogP contribution is 2.29. The summed E-state index contributed by atoms with van der Waals surface area (Å²) >= 11 is 0. The van der Waals surface area contributed by atoms with Gasteiger partial charge in [-0.15, -0.1) is 0 Å². The first-order chi connectivity index (χ1) is 14.6. The summed E-state index contributed by atoms with van der Waals surface area (Å²) in [5.74, 6) is 2.85. The lowest BCUT2D eigenvalue weighted by molar-refractivity contribution is -0.134. The van der Waals surface area contributed by atoms with E-state index in [1.54, 1.807) is 7.11 Å². The van der Waals surface area contributed by atoms with Gasteiger partial charge in [0.15, 0.2) is 17.5 Å². The van der Waals surface area contributed by atoms with Gasteiger partial charge in [0.25, 0.3) is 0 Å². The Balaban J connectivity index is 1.57. The Labute approximate surface area is 180 Å². The van der Waals surface area contributed by atoms with Gasteiger partial charge in [-0.1, -0.05) is 18.9 Å². The Morgan fingerprint density at radius 1 is 1.20 bits per heavy atom. The second kappa shape index (κ2) is 11.1. The Bertz CT molecular complexity index is 731. The normalized spacial score (nSPS) is 19.8. The van der Waals surface area contributed by atoms with Gasteiger partial charge in [0.05, 0.1) is 20.3 Å². The van der Waals surface area contributed by atoms with Gasteiger partial charge in [-0.25, -0.2) is 4.99 Å². The Kier molecular flexibility index (Phi) is 8.22. The standard InChI is InChI=1S/C23H36N4O3/c1-4-24-23(25-15-17-10-11-20(30-5-2)21(14-17)29-3)26-19-12-13-27(16-19)22(28)18-8-6-7-9-18/h10-11,14,18-19H,4-9,12-13,15-16H2,1-3H3,(H2,24,25,26). The van der Waals surface area contributed by atoms with Crippen molar-refractivity contribution in [2.75, 3.05) is 33.4 Å². The predicted octanol–water partition coefficient (Wildman–Crippen LogP) is 2.94. The molecule has 1 aromatic carbocycles. The molecular formula is C23H36N4O3. The van der Waals surface area contributed by atoms with E-state index in [4.69, 9.17) is 14.5 Å². The highest BCUT2D eigenvalue weighted by Gasteiger charge is 2.32. The van der Waals surface area contributed by atoms with E-state index in [0.717, 1.165) is 61.9 Å². The minimum Gasteiger partial charge on any atom is -0.493 e. The zero-order chi connectivity index (χ0) is 21.3. The third-order valence-electron chi connectivity index (χ3n) is 5.84. The van der Waals surface area contributed by atoms with E-state index < -0.39 is 0 Å². The number of hydrogen-bond acceptors (Lipinski definition) is 4. The summed E-state index contributed by atoms with van der Waals surface area (Å²) in [7, 11) is 1.65. The fourth-order valence-electron chi connectivity index (χ4n) is 4.28. The molecule has 0 bridgehead atoms. The molecule has 1 aliphatic heterocycles. The van der Waals surface area contributed by atoms with E-state index in [0.29, 0.717) is 19.1 Å². The third-order valence-corrected chi connectivity index (χ3v) is 5.84. The van der Waals surface area contributed by atoms with Crippen molar-refractivity contribution in [2.45, 2.75) is 58.5 Å². The van der Waals surface area contributed by atoms with Crippen LogP contribution in [0, 0.1) is 5.92 Å². The molecule has 30 heavy (non-hydrogen) atoms. The number of nitrogens with zero attached hydrogens (tertiary/aromatic N) is 2. The molecule has 1 heterocycles. The Morgan fingerprint density at radius 2 is 2.00 bits per heavy atom. The second-order valence-electron chi connectivity index (χ2n) is 8.01. The fourth-order valence-corrected chi connectivity index (χ4v) is 4.28. The molecule has 2 aliphatic rings. The maximum Gasteiger partial charge on any atom is 0.225 e. The van der Waals surface area contributed by atoms with E-state index in [9.17, 15) is 4.79 Å². The summed E-state index contributed by atoms with van der Waals surface area (Å²) in [4.78, 5) is 19.5. The van der Waals surface area contributed by atoms with Crippen LogP contribution >= 0.6 is 0 Å². The van der Waals surface area contributed by atoms with Crippen LogP contribution in [0.2, 0.25) is 0 Å². The number of carbonyl (C=O) groups is 1. The van der Waals surface area contributed by atoms with Gasteiger partial charge in [0, 0.05) is 31.6 Å². The minimum atomic E-state index is 0.239. The van der Waals surface area contributed by atoms with Crippen LogP contribution in [-0.2, 0) is 11.3 Å². The first kappa shape index (κ1) is 22.2. The number of guanidine groups is 1. The lowest BCUT2D eigenvalue weighted by Crippen LogP contribution is -2.45. The number of benzene rings is 1. The van der Waals surface area contributed by atoms with Crippen molar-refractivity contribution in [3.8, 4) is 11.5 Å². The number of rotatable bonds is 8. The smallest absolute Gasteiger partial charge is 0.225 e. The van der Waals surface area contributed by atoms with Crippen molar-refractivity contribution >= 4 is 11.9 Å². The summed E-state index contributed by atoms with van der Waals surface area (Å²) in [5.41, 5.74) is 1.05. The van der Waals surface area contributed by atoms with Gasteiger partial charge in [-0.2, -0.15) is 0 Å². The largest absolute Gasteiger partial charge is 0.493 e. The van der Waals surface area contributed by atoms with Crippen molar-refractivity contribution in [2.24, 2.45) is 10.9 Å². The molecule has 1 unspecified atom stereocenters. The lowest BCUT2D eigenvalue weighted by atomic mass is 10.1. The minimum absolute atomic E-state index is 0.239. The van der Waals surface area contributed by atoms with Gasteiger partial charge in [-0.3, -0.25) is 4.79 Å². The number of methoxy groups -OCH3 is 1. The molecule has 7 heteroatoms. The molecule has 1 saturated carbocycles. The zero-order valence-electron chi connectivity index (χ0n) is 18.6. The molecule has 1 aromatic rings. The van der Waals surface area contributed by atoms with Gasteiger partial charge in [-0.05, 0) is 50.8 Å². The van der Waals surface area contributed by atoms with E-state index in [2.05, 4.69) is 17.6 Å². The van der Waals surface area contributed by atoms with Crippen LogP contribution in [-0.4, -0.2) is 56.2 Å². The van der Waals surface area contributed by atoms with Gasteiger partial charge >= 0.3 is 0 Å². The van der Waals surface area contributed by atoms with E-state index in [-0.39, 0.29) is 12.0 Å². The van der Waals surface area contributed by atoms with Crippen LogP contribution in [0.4, 0.5) is 0 Å². The quantitative estimate of drug-likeness (QED) is 0.503. The molecule has 0 radical (unpaired) electrons. The number of likely N-dealkylation sites (tertiary alicyclic amines) is 1. The molecule has 2 fully saturated rings. The van der Waals surface area contributed by atoms with Crippen LogP contribution in [0.5, 0.6) is 11.5 Å². The highest BCUT2D eigenvalue weighted by molar-refractivity contribution is 5.81. The van der Waals surface area contributed by atoms with Crippen molar-refractivity contribution in [3.05, 3.63) is 23.8 Å².